The second-order valence-electron chi connectivity index (χ2n) is 4.93. The van der Waals surface area contributed by atoms with Gasteiger partial charge in [0.1, 0.15) is 0 Å². The van der Waals surface area contributed by atoms with E-state index in [1.54, 1.807) is 0 Å². The summed E-state index contributed by atoms with van der Waals surface area (Å²) < 4.78 is 0. The van der Waals surface area contributed by atoms with E-state index < -0.39 is 0 Å². The Balaban J connectivity index is 2.06. The van der Waals surface area contributed by atoms with Gasteiger partial charge in [0.2, 0.25) is 0 Å². The maximum atomic E-state index is 4.45. The van der Waals surface area contributed by atoms with Crippen molar-refractivity contribution in [2.45, 2.75) is 19.8 Å². The van der Waals surface area contributed by atoms with Crippen LogP contribution in [0.2, 0.25) is 0 Å². The highest BCUT2D eigenvalue weighted by molar-refractivity contribution is 5.80. The molecular weight excluding hydrogens is 232 g/mol. The second-order valence-corrected chi connectivity index (χ2v) is 4.93. The topological polar surface area (TPSA) is 15.6 Å². The van der Waals surface area contributed by atoms with E-state index in [0.29, 0.717) is 5.92 Å². The second kappa shape index (κ2) is 6.19. The first-order chi connectivity index (χ1) is 9.16. The molecule has 2 aromatic rings. The zero-order valence-electron chi connectivity index (χ0n) is 11.7. The molecule has 0 bridgehead atoms. The van der Waals surface area contributed by atoms with Gasteiger partial charge in [0.15, 0.2) is 0 Å². The highest BCUT2D eigenvalue weighted by Gasteiger charge is 1.98. The summed E-state index contributed by atoms with van der Waals surface area (Å²) >= 11 is 0. The van der Waals surface area contributed by atoms with E-state index in [1.165, 1.54) is 5.56 Å². The van der Waals surface area contributed by atoms with Gasteiger partial charge >= 0.3 is 0 Å². The van der Waals surface area contributed by atoms with Gasteiger partial charge in [-0.25, -0.2) is 0 Å². The van der Waals surface area contributed by atoms with E-state index in [4.69, 9.17) is 0 Å². The van der Waals surface area contributed by atoms with Crippen molar-refractivity contribution < 1.29 is 0 Å². The standard InChI is InChI=1S/C17H20N2/c1-14(2)16-11-9-15(10-12-16)13-18-19(3)17-7-5-4-6-8-17/h4-14H,1-3H3. The maximum Gasteiger partial charge on any atom is 0.0590 e. The fourth-order valence-corrected chi connectivity index (χ4v) is 1.83. The summed E-state index contributed by atoms with van der Waals surface area (Å²) in [6.45, 7) is 4.40. The Hall–Kier alpha value is -2.09. The molecule has 0 aliphatic rings. The van der Waals surface area contributed by atoms with Crippen molar-refractivity contribution in [1.29, 1.82) is 0 Å². The number of rotatable bonds is 4. The molecule has 0 amide bonds. The number of para-hydroxylation sites is 1. The molecule has 0 unspecified atom stereocenters. The summed E-state index contributed by atoms with van der Waals surface area (Å²) in [6, 6.07) is 18.7. The van der Waals surface area contributed by atoms with Gasteiger partial charge in [0.05, 0.1) is 11.9 Å². The summed E-state index contributed by atoms with van der Waals surface area (Å²) in [5, 5.41) is 6.32. The molecule has 2 heteroatoms. The Kier molecular flexibility index (Phi) is 4.35. The third-order valence-corrected chi connectivity index (χ3v) is 3.11. The molecule has 2 nitrogen and oxygen atoms in total. The summed E-state index contributed by atoms with van der Waals surface area (Å²) in [4.78, 5) is 0. The van der Waals surface area contributed by atoms with Gasteiger partial charge in [-0.05, 0) is 29.2 Å². The van der Waals surface area contributed by atoms with Gasteiger partial charge in [-0.1, -0.05) is 56.3 Å². The molecule has 0 aliphatic carbocycles. The lowest BCUT2D eigenvalue weighted by atomic mass is 10.0. The first kappa shape index (κ1) is 13.3. The first-order valence-corrected chi connectivity index (χ1v) is 6.59. The van der Waals surface area contributed by atoms with E-state index in [0.717, 1.165) is 11.3 Å². The highest BCUT2D eigenvalue weighted by atomic mass is 15.4. The molecule has 2 rings (SSSR count). The Morgan fingerprint density at radius 3 is 2.16 bits per heavy atom. The van der Waals surface area contributed by atoms with Crippen LogP contribution in [0.3, 0.4) is 0 Å². The predicted octanol–water partition coefficient (Wildman–Crippen LogP) is 4.28. The van der Waals surface area contributed by atoms with Gasteiger partial charge in [0, 0.05) is 7.05 Å². The highest BCUT2D eigenvalue weighted by Crippen LogP contribution is 2.14. The molecule has 0 aromatic heterocycles. The molecule has 0 aliphatic heterocycles. The van der Waals surface area contributed by atoms with Crippen molar-refractivity contribution in [2.75, 3.05) is 12.1 Å². The van der Waals surface area contributed by atoms with Gasteiger partial charge in [-0.15, -0.1) is 0 Å². The van der Waals surface area contributed by atoms with Gasteiger partial charge in [0.25, 0.3) is 0 Å². The SMILES string of the molecule is CC(C)c1ccc(C=NN(C)c2ccccc2)cc1. The van der Waals surface area contributed by atoms with Gasteiger partial charge in [-0.2, -0.15) is 5.10 Å². The van der Waals surface area contributed by atoms with Crippen LogP contribution in [0.5, 0.6) is 0 Å². The average molecular weight is 252 g/mol. The van der Waals surface area contributed by atoms with E-state index in [2.05, 4.69) is 43.2 Å². The molecule has 2 aromatic carbocycles. The number of hydrazone groups is 1. The lowest BCUT2D eigenvalue weighted by Crippen LogP contribution is -2.08. The summed E-state index contributed by atoms with van der Waals surface area (Å²) in [5.41, 5.74) is 3.55. The van der Waals surface area contributed by atoms with Crippen LogP contribution >= 0.6 is 0 Å². The predicted molar refractivity (Wildman–Crippen MR) is 83.0 cm³/mol. The lowest BCUT2D eigenvalue weighted by molar-refractivity contribution is 0.866. The smallest absolute Gasteiger partial charge is 0.0590 e. The van der Waals surface area contributed by atoms with E-state index in [-0.39, 0.29) is 0 Å². The maximum absolute atomic E-state index is 4.45. The molecule has 0 atom stereocenters. The van der Waals surface area contributed by atoms with Crippen LogP contribution in [-0.2, 0) is 0 Å². The van der Waals surface area contributed by atoms with E-state index >= 15 is 0 Å². The van der Waals surface area contributed by atoms with Crippen molar-refractivity contribution in [3.05, 3.63) is 65.7 Å². The van der Waals surface area contributed by atoms with Crippen LogP contribution in [0.4, 0.5) is 5.69 Å². The molecular formula is C17H20N2. The third-order valence-electron chi connectivity index (χ3n) is 3.11. The van der Waals surface area contributed by atoms with Crippen LogP contribution in [0.1, 0.15) is 30.9 Å². The monoisotopic (exact) mass is 252 g/mol. The van der Waals surface area contributed by atoms with Crippen LogP contribution < -0.4 is 5.01 Å². The van der Waals surface area contributed by atoms with Crippen LogP contribution in [0.15, 0.2) is 59.7 Å². The molecule has 0 fully saturated rings. The third kappa shape index (κ3) is 3.68. The number of anilines is 1. The van der Waals surface area contributed by atoms with Crippen molar-refractivity contribution in [3.8, 4) is 0 Å². The Morgan fingerprint density at radius 1 is 0.947 bits per heavy atom. The summed E-state index contributed by atoms with van der Waals surface area (Å²) in [5.74, 6) is 0.568. The Bertz CT molecular complexity index is 527. The minimum absolute atomic E-state index is 0.568. The van der Waals surface area contributed by atoms with Crippen molar-refractivity contribution in [1.82, 2.24) is 0 Å². The Morgan fingerprint density at radius 2 is 1.58 bits per heavy atom. The van der Waals surface area contributed by atoms with Crippen LogP contribution in [-0.4, -0.2) is 13.3 Å². The molecule has 0 N–H and O–H groups in total. The lowest BCUT2D eigenvalue weighted by Gasteiger charge is -2.12. The minimum Gasteiger partial charge on any atom is -0.269 e. The Labute approximate surface area is 115 Å². The fraction of sp³-hybridized carbons (Fsp3) is 0.235. The summed E-state index contributed by atoms with van der Waals surface area (Å²) in [6.07, 6.45) is 1.89. The molecule has 19 heavy (non-hydrogen) atoms. The number of nitrogens with zero attached hydrogens (tertiary/aromatic N) is 2. The van der Waals surface area contributed by atoms with Gasteiger partial charge in [-0.3, -0.25) is 5.01 Å². The molecule has 0 saturated carbocycles. The van der Waals surface area contributed by atoms with Crippen LogP contribution in [0, 0.1) is 0 Å². The fourth-order valence-electron chi connectivity index (χ4n) is 1.83. The molecule has 0 spiro atoms. The normalized spacial score (nSPS) is 11.2. The molecule has 0 heterocycles. The van der Waals surface area contributed by atoms with E-state index in [1.807, 2.05) is 48.6 Å². The zero-order chi connectivity index (χ0) is 13.7. The quantitative estimate of drug-likeness (QED) is 0.585. The molecule has 0 radical (unpaired) electrons. The average Bonchev–Trinajstić information content (AvgIpc) is 2.46. The van der Waals surface area contributed by atoms with Crippen molar-refractivity contribution in [3.63, 3.8) is 0 Å². The number of hydrogen-bond donors (Lipinski definition) is 0. The number of hydrogen-bond acceptors (Lipinski definition) is 2. The molecule has 0 saturated heterocycles. The van der Waals surface area contributed by atoms with Crippen LogP contribution in [0.25, 0.3) is 0 Å². The van der Waals surface area contributed by atoms with Crippen molar-refractivity contribution in [2.24, 2.45) is 5.10 Å². The summed E-state index contributed by atoms with van der Waals surface area (Å²) in [7, 11) is 1.95. The van der Waals surface area contributed by atoms with Gasteiger partial charge < -0.3 is 0 Å². The van der Waals surface area contributed by atoms with Crippen molar-refractivity contribution >= 4 is 11.9 Å². The molecule has 98 valence electrons. The van der Waals surface area contributed by atoms with E-state index in [9.17, 15) is 0 Å². The first-order valence-electron chi connectivity index (χ1n) is 6.59. The number of benzene rings is 2. The zero-order valence-corrected chi connectivity index (χ0v) is 11.7. The largest absolute Gasteiger partial charge is 0.269 e. The minimum atomic E-state index is 0.568.